The van der Waals surface area contributed by atoms with Gasteiger partial charge in [-0.1, -0.05) is 24.3 Å². The lowest BCUT2D eigenvalue weighted by Crippen LogP contribution is -2.52. The van der Waals surface area contributed by atoms with E-state index in [2.05, 4.69) is 5.32 Å². The first-order valence-electron chi connectivity index (χ1n) is 12.8. The number of nitrogens with one attached hydrogen (secondary N) is 1. The molecule has 1 amide bonds. The van der Waals surface area contributed by atoms with E-state index in [1.807, 2.05) is 13.0 Å². The second-order valence-corrected chi connectivity index (χ2v) is 10.1. The van der Waals surface area contributed by atoms with Crippen molar-refractivity contribution in [3.8, 4) is 5.75 Å². The lowest BCUT2D eigenvalue weighted by atomic mass is 9.82. The van der Waals surface area contributed by atoms with Crippen molar-refractivity contribution >= 4 is 5.91 Å². The van der Waals surface area contributed by atoms with E-state index in [9.17, 15) is 22.4 Å². The van der Waals surface area contributed by atoms with Crippen LogP contribution in [0.1, 0.15) is 56.1 Å². The molecule has 1 unspecified atom stereocenters. The third-order valence-electron chi connectivity index (χ3n) is 7.48. The number of methoxy groups -OCH3 is 1. The smallest absolute Gasteiger partial charge is 0.471 e. The van der Waals surface area contributed by atoms with Crippen molar-refractivity contribution in [1.29, 1.82) is 0 Å². The van der Waals surface area contributed by atoms with Gasteiger partial charge >= 0.3 is 12.1 Å². The molecule has 4 rings (SSSR count). The Bertz CT molecular complexity index is 1040. The van der Waals surface area contributed by atoms with E-state index in [1.165, 1.54) is 13.2 Å². The Morgan fingerprint density at radius 3 is 2.41 bits per heavy atom. The van der Waals surface area contributed by atoms with E-state index in [0.29, 0.717) is 17.7 Å². The second-order valence-electron chi connectivity index (χ2n) is 10.1. The molecule has 0 bridgehead atoms. The molecule has 1 aliphatic heterocycles. The van der Waals surface area contributed by atoms with Crippen LogP contribution in [0.15, 0.2) is 48.5 Å². The molecule has 2 fully saturated rings. The highest BCUT2D eigenvalue weighted by atomic mass is 19.4. The van der Waals surface area contributed by atoms with Gasteiger partial charge in [0, 0.05) is 12.6 Å². The monoisotopic (exact) mass is 522 g/mol. The molecule has 1 saturated carbocycles. The van der Waals surface area contributed by atoms with Crippen molar-refractivity contribution in [2.75, 3.05) is 13.7 Å². The van der Waals surface area contributed by atoms with Crippen LogP contribution >= 0.6 is 0 Å². The van der Waals surface area contributed by atoms with Gasteiger partial charge < -0.3 is 19.7 Å². The number of hydrogen-bond donors (Lipinski definition) is 1. The van der Waals surface area contributed by atoms with Gasteiger partial charge in [-0.25, -0.2) is 4.39 Å². The molecule has 0 aromatic heterocycles. The zero-order valence-corrected chi connectivity index (χ0v) is 21.1. The van der Waals surface area contributed by atoms with Crippen LogP contribution in [0, 0.1) is 5.82 Å². The molecule has 1 aliphatic carbocycles. The Morgan fingerprint density at radius 1 is 1.08 bits per heavy atom. The number of benzene rings is 2. The van der Waals surface area contributed by atoms with Crippen LogP contribution in [0.5, 0.6) is 5.75 Å². The number of hydrogen-bond acceptors (Lipinski definition) is 4. The van der Waals surface area contributed by atoms with Crippen LogP contribution in [0.3, 0.4) is 0 Å². The predicted octanol–water partition coefficient (Wildman–Crippen LogP) is 5.59. The molecule has 0 radical (unpaired) electrons. The third-order valence-corrected chi connectivity index (χ3v) is 7.48. The highest BCUT2D eigenvalue weighted by Gasteiger charge is 2.48. The number of rotatable bonds is 8. The van der Waals surface area contributed by atoms with Gasteiger partial charge in [0.25, 0.3) is 0 Å². The van der Waals surface area contributed by atoms with E-state index in [-0.39, 0.29) is 37.0 Å². The summed E-state index contributed by atoms with van der Waals surface area (Å²) in [5.74, 6) is -1.22. The Hall–Kier alpha value is -2.65. The average Bonchev–Trinajstić information content (AvgIpc) is 3.25. The summed E-state index contributed by atoms with van der Waals surface area (Å²) in [5, 5.41) is 3.33. The Morgan fingerprint density at radius 2 is 1.78 bits per heavy atom. The maximum absolute atomic E-state index is 13.6. The number of alkyl halides is 3. The summed E-state index contributed by atoms with van der Waals surface area (Å²) in [6.07, 6.45) is -1.27. The van der Waals surface area contributed by atoms with Crippen molar-refractivity contribution in [3.63, 3.8) is 0 Å². The van der Waals surface area contributed by atoms with E-state index in [0.717, 1.165) is 36.1 Å². The number of carbonyl (C=O) groups excluding carboxylic acids is 1. The van der Waals surface area contributed by atoms with Gasteiger partial charge in [-0.15, -0.1) is 0 Å². The zero-order chi connectivity index (χ0) is 26.6. The summed E-state index contributed by atoms with van der Waals surface area (Å²) in [7, 11) is 1.51. The van der Waals surface area contributed by atoms with Gasteiger partial charge in [-0.2, -0.15) is 13.2 Å². The minimum absolute atomic E-state index is 0.0171. The third kappa shape index (κ3) is 7.02. The van der Waals surface area contributed by atoms with E-state index in [4.69, 9.17) is 9.47 Å². The van der Waals surface area contributed by atoms with Gasteiger partial charge in [0.1, 0.15) is 11.6 Å². The number of ether oxygens (including phenoxy) is 2. The lowest BCUT2D eigenvalue weighted by Gasteiger charge is -2.35. The molecule has 2 aromatic carbocycles. The average molecular weight is 523 g/mol. The van der Waals surface area contributed by atoms with Crippen LogP contribution in [0.2, 0.25) is 0 Å². The van der Waals surface area contributed by atoms with Crippen molar-refractivity contribution in [2.24, 2.45) is 0 Å². The molecule has 0 spiro atoms. The van der Waals surface area contributed by atoms with Gasteiger partial charge in [0.2, 0.25) is 0 Å². The summed E-state index contributed by atoms with van der Waals surface area (Å²) in [5.41, 5.74) is 1.58. The summed E-state index contributed by atoms with van der Waals surface area (Å²) < 4.78 is 65.7. The Labute approximate surface area is 215 Å². The zero-order valence-electron chi connectivity index (χ0n) is 21.1. The first-order chi connectivity index (χ1) is 17.6. The van der Waals surface area contributed by atoms with E-state index in [1.54, 1.807) is 36.4 Å². The first-order valence-corrected chi connectivity index (χ1v) is 12.8. The summed E-state index contributed by atoms with van der Waals surface area (Å²) in [6, 6.07) is 12.2. The molecule has 9 heteroatoms. The van der Waals surface area contributed by atoms with Crippen LogP contribution < -0.4 is 10.1 Å². The topological polar surface area (TPSA) is 50.8 Å². The minimum Gasteiger partial charge on any atom is -0.497 e. The molecule has 5 nitrogen and oxygen atoms in total. The van der Waals surface area contributed by atoms with Crippen LogP contribution in [-0.4, -0.2) is 54.9 Å². The first kappa shape index (κ1) is 27.4. The van der Waals surface area contributed by atoms with Crippen molar-refractivity contribution in [2.45, 2.75) is 81.9 Å². The van der Waals surface area contributed by atoms with Crippen molar-refractivity contribution < 1.29 is 31.8 Å². The lowest BCUT2D eigenvalue weighted by molar-refractivity contribution is -0.189. The van der Waals surface area contributed by atoms with Crippen LogP contribution in [0.4, 0.5) is 17.6 Å². The SMILES string of the molecule is COc1ccc(CN(C(=O)C(F)(F)F)[C@H]2CC(C)N[C@H]2COC2CCC(c3cccc(F)c3)CC2)cc1. The molecule has 2 aromatic rings. The van der Waals surface area contributed by atoms with Crippen molar-refractivity contribution in [3.05, 3.63) is 65.5 Å². The normalized spacial score (nSPS) is 26.2. The maximum Gasteiger partial charge on any atom is 0.471 e. The number of nitrogens with zero attached hydrogens (tertiary/aromatic N) is 1. The fourth-order valence-electron chi connectivity index (χ4n) is 5.57. The van der Waals surface area contributed by atoms with Gasteiger partial charge in [0.15, 0.2) is 0 Å². The van der Waals surface area contributed by atoms with Gasteiger partial charge in [-0.3, -0.25) is 4.79 Å². The molecular weight excluding hydrogens is 488 g/mol. The van der Waals surface area contributed by atoms with Gasteiger partial charge in [-0.05, 0) is 80.3 Å². The van der Waals surface area contributed by atoms with Crippen LogP contribution in [0.25, 0.3) is 0 Å². The molecule has 202 valence electrons. The number of carbonyl (C=O) groups is 1. The second kappa shape index (κ2) is 11.8. The molecule has 37 heavy (non-hydrogen) atoms. The molecule has 3 atom stereocenters. The van der Waals surface area contributed by atoms with E-state index < -0.39 is 24.2 Å². The molecule has 1 heterocycles. The summed E-state index contributed by atoms with van der Waals surface area (Å²) in [4.78, 5) is 13.5. The minimum atomic E-state index is -4.97. The molecular formula is C28H34F4N2O3. The highest BCUT2D eigenvalue weighted by Crippen LogP contribution is 2.35. The predicted molar refractivity (Wildman–Crippen MR) is 132 cm³/mol. The largest absolute Gasteiger partial charge is 0.497 e. The fourth-order valence-corrected chi connectivity index (χ4v) is 5.57. The Balaban J connectivity index is 1.40. The van der Waals surface area contributed by atoms with E-state index >= 15 is 0 Å². The maximum atomic E-state index is 13.6. The molecule has 1 saturated heterocycles. The number of halogens is 4. The standard InChI is InChI=1S/C28H34F4N2O3/c1-18-14-26(34(27(35)28(30,31)32)16-19-6-10-23(36-2)11-7-19)25(33-18)17-37-24-12-8-20(9-13-24)21-4-3-5-22(29)15-21/h3-7,10-11,15,18,20,24-26,33H,8-9,12-14,16-17H2,1-2H3/t18?,20?,24?,25-,26-/m0/s1. The molecule has 1 N–H and O–H groups in total. The quantitative estimate of drug-likeness (QED) is 0.460. The fraction of sp³-hybridized carbons (Fsp3) is 0.536. The highest BCUT2D eigenvalue weighted by molar-refractivity contribution is 5.82. The Kier molecular flexibility index (Phi) is 8.75. The van der Waals surface area contributed by atoms with Crippen LogP contribution in [-0.2, 0) is 16.1 Å². The molecule has 2 aliphatic rings. The van der Waals surface area contributed by atoms with Gasteiger partial charge in [0.05, 0.1) is 31.9 Å². The summed E-state index contributed by atoms with van der Waals surface area (Å²) >= 11 is 0. The summed E-state index contributed by atoms with van der Waals surface area (Å²) in [6.45, 7) is 1.96. The number of amides is 1. The van der Waals surface area contributed by atoms with Crippen molar-refractivity contribution in [1.82, 2.24) is 10.2 Å².